The van der Waals surface area contributed by atoms with Crippen LogP contribution in [-0.2, 0) is 0 Å². The molecule has 0 spiro atoms. The summed E-state index contributed by atoms with van der Waals surface area (Å²) in [7, 11) is 0. The van der Waals surface area contributed by atoms with Gasteiger partial charge in [0.15, 0.2) is 0 Å². The summed E-state index contributed by atoms with van der Waals surface area (Å²) >= 11 is 0. The summed E-state index contributed by atoms with van der Waals surface area (Å²) in [4.78, 5) is 2.44. The highest BCUT2D eigenvalue weighted by molar-refractivity contribution is 6.17. The van der Waals surface area contributed by atoms with Gasteiger partial charge in [0.25, 0.3) is 0 Å². The fourth-order valence-corrected chi connectivity index (χ4v) is 8.71. The molecule has 3 heteroatoms. The van der Waals surface area contributed by atoms with Gasteiger partial charge in [-0.2, -0.15) is 0 Å². The van der Waals surface area contributed by atoms with Crippen molar-refractivity contribution in [2.45, 2.75) is 0 Å². The van der Waals surface area contributed by atoms with Gasteiger partial charge in [-0.05, 0) is 95.1 Å². The van der Waals surface area contributed by atoms with Crippen molar-refractivity contribution in [2.75, 3.05) is 4.90 Å². The highest BCUT2D eigenvalue weighted by atomic mass is 15.2. The van der Waals surface area contributed by atoms with Crippen LogP contribution in [0.2, 0.25) is 0 Å². The summed E-state index contributed by atoms with van der Waals surface area (Å²) in [6.45, 7) is 0. The van der Waals surface area contributed by atoms with Crippen molar-refractivity contribution in [3.05, 3.63) is 224 Å². The average Bonchev–Trinajstić information content (AvgIpc) is 3.81. The second-order valence-electron chi connectivity index (χ2n) is 14.6. The molecule has 0 radical (unpaired) electrons. The number of rotatable bonds is 7. The van der Waals surface area contributed by atoms with Gasteiger partial charge in [-0.1, -0.05) is 152 Å². The molecule has 11 aromatic rings. The summed E-state index contributed by atoms with van der Waals surface area (Å²) in [5.41, 5.74) is 15.1. The lowest BCUT2D eigenvalue weighted by Gasteiger charge is -2.27. The molecule has 0 fully saturated rings. The normalized spacial score (nSPS) is 11.5. The molecule has 0 bridgehead atoms. The number of benzene rings is 9. The predicted octanol–water partition coefficient (Wildman–Crippen LogP) is 14.7. The third-order valence-electron chi connectivity index (χ3n) is 11.3. The van der Waals surface area contributed by atoms with Crippen molar-refractivity contribution in [2.24, 2.45) is 0 Å². The highest BCUT2D eigenvalue weighted by Crippen LogP contribution is 2.45. The molecule has 2 aromatic heterocycles. The van der Waals surface area contributed by atoms with E-state index < -0.39 is 0 Å². The lowest BCUT2D eigenvalue weighted by molar-refractivity contribution is 1.17. The van der Waals surface area contributed by atoms with Crippen LogP contribution < -0.4 is 4.90 Å². The van der Waals surface area contributed by atoms with Crippen molar-refractivity contribution < 1.29 is 0 Å². The second kappa shape index (κ2) is 13.6. The second-order valence-corrected chi connectivity index (χ2v) is 14.6. The van der Waals surface area contributed by atoms with E-state index in [0.717, 1.165) is 28.4 Å². The van der Waals surface area contributed by atoms with E-state index in [0.29, 0.717) is 0 Å². The predicted molar refractivity (Wildman–Crippen MR) is 241 cm³/mol. The summed E-state index contributed by atoms with van der Waals surface area (Å²) in [5.74, 6) is 0. The topological polar surface area (TPSA) is 13.1 Å². The Morgan fingerprint density at radius 3 is 1.35 bits per heavy atom. The van der Waals surface area contributed by atoms with Crippen LogP contribution in [-0.4, -0.2) is 9.13 Å². The van der Waals surface area contributed by atoms with Crippen molar-refractivity contribution >= 4 is 60.7 Å². The Morgan fingerprint density at radius 2 is 0.719 bits per heavy atom. The summed E-state index contributed by atoms with van der Waals surface area (Å²) in [6, 6.07) is 81.1. The van der Waals surface area contributed by atoms with Crippen LogP contribution in [0, 0.1) is 0 Å². The molecule has 0 saturated carbocycles. The van der Waals surface area contributed by atoms with E-state index in [2.05, 4.69) is 238 Å². The zero-order valence-electron chi connectivity index (χ0n) is 31.2. The maximum Gasteiger partial charge on any atom is 0.0562 e. The van der Waals surface area contributed by atoms with Gasteiger partial charge in [0.2, 0.25) is 0 Å². The van der Waals surface area contributed by atoms with E-state index in [1.165, 1.54) is 65.9 Å². The van der Waals surface area contributed by atoms with Crippen molar-refractivity contribution in [3.63, 3.8) is 0 Å². The fraction of sp³-hybridized carbons (Fsp3) is 0. The van der Waals surface area contributed by atoms with E-state index >= 15 is 0 Å². The number of para-hydroxylation sites is 4. The molecular weight excluding hydrogens is 691 g/mol. The van der Waals surface area contributed by atoms with E-state index in [9.17, 15) is 0 Å². The number of aromatic nitrogens is 2. The van der Waals surface area contributed by atoms with Crippen LogP contribution >= 0.6 is 0 Å². The number of nitrogens with zero attached hydrogens (tertiary/aromatic N) is 3. The Labute approximate surface area is 331 Å². The Morgan fingerprint density at radius 1 is 0.281 bits per heavy atom. The third kappa shape index (κ3) is 5.51. The van der Waals surface area contributed by atoms with E-state index in [1.54, 1.807) is 0 Å². The molecule has 9 aromatic carbocycles. The average molecular weight is 728 g/mol. The van der Waals surface area contributed by atoms with Crippen LogP contribution in [0.15, 0.2) is 224 Å². The molecule has 57 heavy (non-hydrogen) atoms. The molecule has 3 nitrogen and oxygen atoms in total. The first-order chi connectivity index (χ1) is 28.3. The molecule has 0 atom stereocenters. The Bertz CT molecular complexity index is 3200. The van der Waals surface area contributed by atoms with Gasteiger partial charge in [0.05, 0.1) is 27.8 Å². The molecule has 0 saturated heterocycles. The highest BCUT2D eigenvalue weighted by Gasteiger charge is 2.22. The Balaban J connectivity index is 1.13. The van der Waals surface area contributed by atoms with Crippen LogP contribution in [0.4, 0.5) is 17.1 Å². The van der Waals surface area contributed by atoms with Crippen LogP contribution in [0.1, 0.15) is 0 Å². The monoisotopic (exact) mass is 727 g/mol. The zero-order chi connectivity index (χ0) is 37.7. The van der Waals surface area contributed by atoms with Gasteiger partial charge in [0.1, 0.15) is 0 Å². The smallest absolute Gasteiger partial charge is 0.0562 e. The van der Waals surface area contributed by atoms with Gasteiger partial charge in [-0.25, -0.2) is 0 Å². The van der Waals surface area contributed by atoms with Gasteiger partial charge in [0, 0.05) is 44.3 Å². The number of hydrogen-bond acceptors (Lipinski definition) is 1. The largest absolute Gasteiger partial charge is 0.310 e. The fourth-order valence-electron chi connectivity index (χ4n) is 8.71. The minimum Gasteiger partial charge on any atom is -0.310 e. The number of anilines is 3. The van der Waals surface area contributed by atoms with Crippen molar-refractivity contribution in [1.82, 2.24) is 9.13 Å². The molecular formula is C54H37N3. The minimum absolute atomic E-state index is 1.09. The number of hydrogen-bond donors (Lipinski definition) is 0. The molecule has 268 valence electrons. The molecule has 11 rings (SSSR count). The SMILES string of the molecule is c1ccc(-c2ccc(-c3ccc(N(c4ccc5c6ccccc6n(-c6ccccc6)c5c4)c4cccc5c4c4ccccc4n5-c4ccccc4)cc3)cc2)cc1. The van der Waals surface area contributed by atoms with Crippen LogP contribution in [0.25, 0.3) is 77.2 Å². The van der Waals surface area contributed by atoms with E-state index in [-0.39, 0.29) is 0 Å². The Hall–Kier alpha value is -7.62. The van der Waals surface area contributed by atoms with Crippen molar-refractivity contribution in [1.29, 1.82) is 0 Å². The molecule has 0 aliphatic heterocycles. The van der Waals surface area contributed by atoms with Gasteiger partial charge >= 0.3 is 0 Å². The lowest BCUT2D eigenvalue weighted by Crippen LogP contribution is -2.10. The van der Waals surface area contributed by atoms with Crippen molar-refractivity contribution in [3.8, 4) is 33.6 Å². The van der Waals surface area contributed by atoms with E-state index in [4.69, 9.17) is 0 Å². The standard InChI is InChI=1S/C54H37N3/c1-4-15-38(16-5-1)39-27-29-40(30-28-39)41-31-33-44(34-32-41)55(45-35-36-47-46-21-10-12-23-49(46)57(53(47)37-45)43-19-8-3-9-20-43)51-25-14-26-52-54(51)48-22-11-13-24-50(48)56(52)42-17-6-2-7-18-42/h1-37H. The van der Waals surface area contributed by atoms with Gasteiger partial charge in [-0.3, -0.25) is 0 Å². The molecule has 0 aliphatic rings. The molecule has 0 aliphatic carbocycles. The number of fused-ring (bicyclic) bond motifs is 6. The first-order valence-electron chi connectivity index (χ1n) is 19.5. The first-order valence-corrected chi connectivity index (χ1v) is 19.5. The Kier molecular flexibility index (Phi) is 7.82. The summed E-state index contributed by atoms with van der Waals surface area (Å²) in [6.07, 6.45) is 0. The van der Waals surface area contributed by atoms with Crippen LogP contribution in [0.3, 0.4) is 0 Å². The minimum atomic E-state index is 1.09. The molecule has 0 unspecified atom stereocenters. The quantitative estimate of drug-likeness (QED) is 0.159. The summed E-state index contributed by atoms with van der Waals surface area (Å²) < 4.78 is 4.79. The first kappa shape index (κ1) is 32.8. The third-order valence-corrected chi connectivity index (χ3v) is 11.3. The lowest BCUT2D eigenvalue weighted by atomic mass is 10.00. The molecule has 0 amide bonds. The molecule has 2 heterocycles. The maximum absolute atomic E-state index is 2.44. The summed E-state index contributed by atoms with van der Waals surface area (Å²) in [5, 5.41) is 4.89. The molecule has 0 N–H and O–H groups in total. The van der Waals surface area contributed by atoms with Gasteiger partial charge < -0.3 is 14.0 Å². The van der Waals surface area contributed by atoms with E-state index in [1.807, 2.05) is 0 Å². The van der Waals surface area contributed by atoms with Gasteiger partial charge in [-0.15, -0.1) is 0 Å². The van der Waals surface area contributed by atoms with Crippen LogP contribution in [0.5, 0.6) is 0 Å². The maximum atomic E-state index is 2.44. The zero-order valence-corrected chi connectivity index (χ0v) is 31.2.